The van der Waals surface area contributed by atoms with Crippen molar-refractivity contribution in [1.29, 1.82) is 0 Å². The highest BCUT2D eigenvalue weighted by Crippen LogP contribution is 2.31. The molecule has 1 unspecified atom stereocenters. The van der Waals surface area contributed by atoms with Crippen molar-refractivity contribution in [2.75, 3.05) is 0 Å². The van der Waals surface area contributed by atoms with E-state index in [2.05, 4.69) is 30.6 Å². The Bertz CT molecular complexity index is 801. The van der Waals surface area contributed by atoms with Crippen LogP contribution in [-0.2, 0) is 19.1 Å². The third-order valence-corrected chi connectivity index (χ3v) is 4.30. The van der Waals surface area contributed by atoms with Crippen LogP contribution in [0, 0.1) is 0 Å². The summed E-state index contributed by atoms with van der Waals surface area (Å²) in [5.74, 6) is -1.10. The molecule has 1 aliphatic heterocycles. The predicted molar refractivity (Wildman–Crippen MR) is 65.5 cm³/mol. The molecule has 21 heavy (non-hydrogen) atoms. The fourth-order valence-corrected chi connectivity index (χ4v) is 3.21. The highest BCUT2D eigenvalue weighted by atomic mass is 32.1. The van der Waals surface area contributed by atoms with Crippen LogP contribution < -0.4 is 5.32 Å². The maximum Gasteiger partial charge on any atom is 0.453 e. The van der Waals surface area contributed by atoms with Crippen LogP contribution in [0.25, 0.3) is 4.96 Å². The summed E-state index contributed by atoms with van der Waals surface area (Å²) in [6.45, 7) is 0.576. The van der Waals surface area contributed by atoms with Crippen molar-refractivity contribution in [2.24, 2.45) is 0 Å². The van der Waals surface area contributed by atoms with Gasteiger partial charge in [-0.25, -0.2) is 4.98 Å². The molecule has 11 heteroatoms. The van der Waals surface area contributed by atoms with Gasteiger partial charge in [-0.05, 0) is 0 Å². The predicted octanol–water partition coefficient (Wildman–Crippen LogP) is 1.31. The quantitative estimate of drug-likeness (QED) is 0.707. The van der Waals surface area contributed by atoms with E-state index in [1.807, 2.05) is 0 Å². The Morgan fingerprint density at radius 2 is 2.19 bits per heavy atom. The second kappa shape index (κ2) is 4.24. The van der Waals surface area contributed by atoms with Crippen molar-refractivity contribution >= 4 is 16.3 Å². The molecule has 1 aliphatic rings. The first-order chi connectivity index (χ1) is 10.0. The monoisotopic (exact) mass is 315 g/mol. The third kappa shape index (κ3) is 2.00. The summed E-state index contributed by atoms with van der Waals surface area (Å²) in [5, 5.41) is 14.4. The second-order valence-electron chi connectivity index (χ2n) is 4.62. The van der Waals surface area contributed by atoms with Gasteiger partial charge in [0.2, 0.25) is 4.96 Å². The minimum Gasteiger partial charge on any atom is -0.347 e. The van der Waals surface area contributed by atoms with E-state index in [0.717, 1.165) is 27.2 Å². The number of hydrogen-bond acceptors (Lipinski definition) is 6. The molecule has 0 fully saturated rings. The lowest BCUT2D eigenvalue weighted by Gasteiger charge is -2.20. The number of alkyl halides is 3. The van der Waals surface area contributed by atoms with Gasteiger partial charge >= 0.3 is 6.18 Å². The average molecular weight is 315 g/mol. The second-order valence-corrected chi connectivity index (χ2v) is 5.61. The maximum atomic E-state index is 12.8. The Labute approximate surface area is 119 Å². The highest BCUT2D eigenvalue weighted by molar-refractivity contribution is 7.16. The number of aromatic amines is 1. The van der Waals surface area contributed by atoms with Gasteiger partial charge in [-0.3, -0.25) is 0 Å². The van der Waals surface area contributed by atoms with E-state index in [9.17, 15) is 13.2 Å². The number of fused-ring (bicyclic) bond motifs is 2. The Kier molecular flexibility index (Phi) is 2.57. The summed E-state index contributed by atoms with van der Waals surface area (Å²) < 4.78 is 39.1. The molecule has 2 N–H and O–H groups in total. The zero-order valence-corrected chi connectivity index (χ0v) is 11.2. The van der Waals surface area contributed by atoms with Crippen LogP contribution in [0.15, 0.2) is 6.33 Å². The fourth-order valence-electron chi connectivity index (χ4n) is 2.29. The van der Waals surface area contributed by atoms with Crippen molar-refractivity contribution in [1.82, 2.24) is 35.1 Å². The summed E-state index contributed by atoms with van der Waals surface area (Å²) in [6.07, 6.45) is -2.39. The number of imidazole rings is 1. The van der Waals surface area contributed by atoms with E-state index in [1.54, 1.807) is 6.33 Å². The molecule has 0 spiro atoms. The van der Waals surface area contributed by atoms with Crippen molar-refractivity contribution in [2.45, 2.75) is 25.2 Å². The van der Waals surface area contributed by atoms with Gasteiger partial charge in [0.15, 0.2) is 0 Å². The first-order valence-corrected chi connectivity index (χ1v) is 6.88. The Morgan fingerprint density at radius 1 is 1.33 bits per heavy atom. The lowest BCUT2D eigenvalue weighted by atomic mass is 10.1. The average Bonchev–Trinajstić information content (AvgIpc) is 3.10. The number of hydrogen-bond donors (Lipinski definition) is 2. The van der Waals surface area contributed by atoms with E-state index < -0.39 is 12.0 Å². The van der Waals surface area contributed by atoms with Crippen LogP contribution in [0.3, 0.4) is 0 Å². The minimum absolute atomic E-state index is 0.131. The van der Waals surface area contributed by atoms with E-state index in [4.69, 9.17) is 0 Å². The van der Waals surface area contributed by atoms with Crippen molar-refractivity contribution in [3.05, 3.63) is 28.5 Å². The molecular weight excluding hydrogens is 307 g/mol. The Balaban J connectivity index is 1.71. The summed E-state index contributed by atoms with van der Waals surface area (Å²) in [5.41, 5.74) is 1.89. The van der Waals surface area contributed by atoms with Gasteiger partial charge in [0.05, 0.1) is 23.8 Å². The summed E-state index contributed by atoms with van der Waals surface area (Å²) >= 11 is 1.10. The van der Waals surface area contributed by atoms with Crippen molar-refractivity contribution < 1.29 is 13.2 Å². The smallest absolute Gasteiger partial charge is 0.347 e. The Hall–Kier alpha value is -2.01. The highest BCUT2D eigenvalue weighted by Gasteiger charge is 2.38. The first kappa shape index (κ1) is 12.7. The lowest BCUT2D eigenvalue weighted by Crippen LogP contribution is -2.28. The normalized spacial score (nSPS) is 19.1. The topological polar surface area (TPSA) is 83.8 Å². The number of rotatable bonds is 1. The molecule has 0 radical (unpaired) electrons. The van der Waals surface area contributed by atoms with Gasteiger partial charge in [-0.1, -0.05) is 11.3 Å². The van der Waals surface area contributed by atoms with Crippen molar-refractivity contribution in [3.63, 3.8) is 0 Å². The maximum absolute atomic E-state index is 12.8. The third-order valence-electron chi connectivity index (χ3n) is 3.29. The molecule has 0 saturated heterocycles. The van der Waals surface area contributed by atoms with Gasteiger partial charge in [-0.15, -0.1) is 10.2 Å². The minimum atomic E-state index is -4.57. The largest absolute Gasteiger partial charge is 0.453 e. The molecule has 0 amide bonds. The van der Waals surface area contributed by atoms with Crippen LogP contribution in [0.2, 0.25) is 0 Å². The molecule has 0 saturated carbocycles. The van der Waals surface area contributed by atoms with Crippen LogP contribution in [0.4, 0.5) is 13.2 Å². The zero-order valence-electron chi connectivity index (χ0n) is 10.3. The molecule has 4 rings (SSSR count). The van der Waals surface area contributed by atoms with Gasteiger partial charge in [-0.2, -0.15) is 22.8 Å². The molecule has 0 aromatic carbocycles. The summed E-state index contributed by atoms with van der Waals surface area (Å²) in [7, 11) is 0. The lowest BCUT2D eigenvalue weighted by molar-refractivity contribution is -0.146. The van der Waals surface area contributed by atoms with Crippen LogP contribution in [-0.4, -0.2) is 29.8 Å². The number of nitrogens with zero attached hydrogens (tertiary/aromatic N) is 5. The molecule has 3 aromatic heterocycles. The standard InChI is InChI=1S/C10H8F3N7S/c11-10(12,13)8-17-18-9-20(8)19-7(21-9)5-1-4-6(2-14-5)16-3-15-4/h3,5,14H,1-2H2,(H,15,16). The fraction of sp³-hybridized carbons (Fsp3) is 0.400. The summed E-state index contributed by atoms with van der Waals surface area (Å²) in [6, 6.07) is -0.173. The van der Waals surface area contributed by atoms with E-state index in [0.29, 0.717) is 18.0 Å². The van der Waals surface area contributed by atoms with Crippen LogP contribution in [0.1, 0.15) is 28.3 Å². The van der Waals surface area contributed by atoms with E-state index >= 15 is 0 Å². The zero-order chi connectivity index (χ0) is 14.6. The molecule has 0 aliphatic carbocycles. The van der Waals surface area contributed by atoms with Crippen LogP contribution >= 0.6 is 11.3 Å². The molecule has 7 nitrogen and oxygen atoms in total. The molecule has 1 atom stereocenters. The number of nitrogens with one attached hydrogen (secondary N) is 2. The SMILES string of the molecule is FC(F)(F)c1nnc2sc(C3Cc4nc[nH]c4CN3)nn12. The van der Waals surface area contributed by atoms with E-state index in [1.165, 1.54) is 0 Å². The van der Waals surface area contributed by atoms with Crippen LogP contribution in [0.5, 0.6) is 0 Å². The van der Waals surface area contributed by atoms with Gasteiger partial charge in [0, 0.05) is 13.0 Å². The molecular formula is C10H8F3N7S. The van der Waals surface area contributed by atoms with Crippen molar-refractivity contribution in [3.8, 4) is 0 Å². The van der Waals surface area contributed by atoms with Gasteiger partial charge < -0.3 is 10.3 Å². The Morgan fingerprint density at radius 3 is 3.00 bits per heavy atom. The number of H-pyrrole nitrogens is 1. The van der Waals surface area contributed by atoms with Gasteiger partial charge in [0.25, 0.3) is 5.82 Å². The number of halogens is 3. The van der Waals surface area contributed by atoms with E-state index in [-0.39, 0.29) is 11.0 Å². The molecule has 3 aromatic rings. The molecule has 4 heterocycles. The molecule has 110 valence electrons. The molecule has 0 bridgehead atoms. The first-order valence-electron chi connectivity index (χ1n) is 6.06. The number of aromatic nitrogens is 6. The summed E-state index contributed by atoms with van der Waals surface area (Å²) in [4.78, 5) is 7.34. The van der Waals surface area contributed by atoms with Gasteiger partial charge in [0.1, 0.15) is 5.01 Å².